The van der Waals surface area contributed by atoms with Crippen molar-refractivity contribution in [3.05, 3.63) is 131 Å². The number of hydrogen-bond donors (Lipinski definition) is 0. The maximum Gasteiger partial charge on any atom is 0 e. The van der Waals surface area contributed by atoms with Crippen molar-refractivity contribution < 1.29 is 16.5 Å². The minimum Gasteiger partial charge on any atom is -0.781 e. The quantitative estimate of drug-likeness (QED) is 0.199. The third kappa shape index (κ3) is 5.77. The fraction of sp³-hybridized carbons (Fsp3) is 0.0769. The first-order valence-electron chi connectivity index (χ1n) is 9.76. The maximum absolute atomic E-state index is 5.53. The first-order valence-corrected chi connectivity index (χ1v) is 10.6. The summed E-state index contributed by atoms with van der Waals surface area (Å²) >= 11 is 11.1. The van der Waals surface area contributed by atoms with Gasteiger partial charge in [0.1, 0.15) is 0 Å². The Morgan fingerprint density at radius 1 is 0.452 bits per heavy atom. The summed E-state index contributed by atoms with van der Waals surface area (Å²) in [6, 6.07) is 35.5. The normalized spacial score (nSPS) is 12.3. The Morgan fingerprint density at radius 3 is 1.13 bits per heavy atom. The average Bonchev–Trinajstić information content (AvgIpc) is 2.80. The summed E-state index contributed by atoms with van der Waals surface area (Å²) in [6.07, 6.45) is 0. The van der Waals surface area contributed by atoms with Crippen LogP contribution in [0.25, 0.3) is 10.6 Å². The van der Waals surface area contributed by atoms with Gasteiger partial charge in [-0.15, -0.1) is 12.1 Å². The molecule has 5 heteroatoms. The van der Waals surface area contributed by atoms with Crippen LogP contribution in [0.2, 0.25) is 0 Å². The third-order valence-electron chi connectivity index (χ3n) is 4.87. The molecular weight excluding hydrogens is 463 g/mol. The Balaban J connectivity index is 0.00000272. The van der Waals surface area contributed by atoms with Crippen molar-refractivity contribution in [1.82, 2.24) is 0 Å². The fourth-order valence-electron chi connectivity index (χ4n) is 3.38. The van der Waals surface area contributed by atoms with Gasteiger partial charge in [-0.1, -0.05) is 120 Å². The molecule has 160 valence electrons. The predicted octanol–water partition coefficient (Wildman–Crippen LogP) is 7.69. The smallest absolute Gasteiger partial charge is 0 e. The summed E-state index contributed by atoms with van der Waals surface area (Å²) in [5.41, 5.74) is 3.75. The van der Waals surface area contributed by atoms with Crippen LogP contribution < -0.4 is 0 Å². The third-order valence-corrected chi connectivity index (χ3v) is 5.56. The van der Waals surface area contributed by atoms with E-state index in [0.717, 1.165) is 32.3 Å². The van der Waals surface area contributed by atoms with Gasteiger partial charge >= 0.3 is 0 Å². The summed E-state index contributed by atoms with van der Waals surface area (Å²) in [5.74, 6) is 0. The molecule has 31 heavy (non-hydrogen) atoms. The number of benzene rings is 4. The molecule has 0 heterocycles. The van der Waals surface area contributed by atoms with Crippen molar-refractivity contribution in [1.29, 1.82) is 0 Å². The average molecular weight is 483 g/mol. The van der Waals surface area contributed by atoms with Gasteiger partial charge in [0, 0.05) is 16.5 Å². The van der Waals surface area contributed by atoms with Gasteiger partial charge in [0.2, 0.25) is 0 Å². The van der Waals surface area contributed by atoms with Gasteiger partial charge in [-0.25, -0.2) is 0 Å². The monoisotopic (exact) mass is 482 g/mol. The first kappa shape index (κ1) is 23.1. The summed E-state index contributed by atoms with van der Waals surface area (Å²) in [4.78, 5) is 1.46. The summed E-state index contributed by atoms with van der Waals surface area (Å²) in [7, 11) is 0. The Kier molecular flexibility index (Phi) is 8.30. The molecule has 0 bridgehead atoms. The Morgan fingerprint density at radius 2 is 0.774 bits per heavy atom. The van der Waals surface area contributed by atoms with E-state index < -0.39 is 0 Å². The Labute approximate surface area is 205 Å². The van der Waals surface area contributed by atoms with Gasteiger partial charge in [-0.3, -0.25) is 0 Å². The van der Waals surface area contributed by atoms with Crippen LogP contribution in [0.15, 0.2) is 119 Å². The van der Waals surface area contributed by atoms with E-state index >= 15 is 0 Å². The van der Waals surface area contributed by atoms with Crippen LogP contribution in [-0.2, 0) is 41.7 Å². The van der Waals surface area contributed by atoms with Crippen LogP contribution in [0.5, 0.6) is 0 Å². The predicted molar refractivity (Wildman–Crippen MR) is 129 cm³/mol. The zero-order valence-corrected chi connectivity index (χ0v) is 19.2. The zero-order chi connectivity index (χ0) is 20.8. The molecule has 4 aromatic carbocycles. The molecule has 2 nitrogen and oxygen atoms in total. The molecule has 0 aliphatic rings. The Hall–Kier alpha value is -2.59. The van der Waals surface area contributed by atoms with Crippen molar-refractivity contribution in [3.63, 3.8) is 0 Å². The summed E-state index contributed by atoms with van der Waals surface area (Å²) in [6.45, 7) is 0. The zero-order valence-electron chi connectivity index (χ0n) is 16.6. The van der Waals surface area contributed by atoms with Crippen molar-refractivity contribution >= 4 is 36.6 Å². The minimum atomic E-state index is -0.243. The molecule has 0 fully saturated rings. The van der Waals surface area contributed by atoms with Crippen LogP contribution in [0, 0.1) is 0 Å². The van der Waals surface area contributed by atoms with Gasteiger partial charge in [0.15, 0.2) is 0 Å². The Bertz CT molecular complexity index is 1000. The van der Waals surface area contributed by atoms with E-state index in [4.69, 9.17) is 35.9 Å². The second-order valence-electron chi connectivity index (χ2n) is 6.90. The molecule has 0 radical (unpaired) electrons. The van der Waals surface area contributed by atoms with Crippen LogP contribution in [0.3, 0.4) is 0 Å². The molecule has 0 aliphatic heterocycles. The van der Waals surface area contributed by atoms with Gasteiger partial charge in [0.25, 0.3) is 0 Å². The SMILES string of the molecule is [Ni].[S-]c1ccccc1[N-]C(c1ccccc1)C([N-]c1ccccc1[S-])c1ccccc1. The molecule has 0 spiro atoms. The second-order valence-corrected chi connectivity index (χ2v) is 7.78. The van der Waals surface area contributed by atoms with E-state index in [1.54, 1.807) is 0 Å². The van der Waals surface area contributed by atoms with Gasteiger partial charge < -0.3 is 35.9 Å². The number of rotatable bonds is 7. The summed E-state index contributed by atoms with van der Waals surface area (Å²) < 4.78 is 0. The largest absolute Gasteiger partial charge is 0.781 e. The molecule has 0 aromatic heterocycles. The molecule has 2 atom stereocenters. The first-order chi connectivity index (χ1) is 14.7. The molecule has 0 saturated carbocycles. The van der Waals surface area contributed by atoms with Crippen LogP contribution in [0.1, 0.15) is 23.2 Å². The van der Waals surface area contributed by atoms with E-state index in [1.165, 1.54) is 0 Å². The maximum atomic E-state index is 5.53. The van der Waals surface area contributed by atoms with E-state index in [1.807, 2.05) is 84.9 Å². The number of hydrogen-bond acceptors (Lipinski definition) is 2. The van der Waals surface area contributed by atoms with E-state index in [-0.39, 0.29) is 28.6 Å². The van der Waals surface area contributed by atoms with E-state index in [0.29, 0.717) is 0 Å². The number of nitrogens with zero attached hydrogens (tertiary/aromatic N) is 2. The second kappa shape index (κ2) is 11.2. The summed E-state index contributed by atoms with van der Waals surface area (Å²) in [5, 5.41) is 10.2. The standard InChI is InChI=1S/C26H22N2S2.Ni/c29-23-17-9-7-15-21(23)27-25(19-11-3-1-4-12-19)26(20-13-5-2-6-14-20)28-22-16-8-10-18-24(22)30;/h1-18,25-26,29-30H;/q-2;/p-2. The molecule has 0 amide bonds. The van der Waals surface area contributed by atoms with Crippen LogP contribution in [-0.4, -0.2) is 0 Å². The van der Waals surface area contributed by atoms with E-state index in [2.05, 4.69) is 24.3 Å². The van der Waals surface area contributed by atoms with Crippen molar-refractivity contribution in [3.8, 4) is 0 Å². The number of para-hydroxylation sites is 2. The van der Waals surface area contributed by atoms with E-state index in [9.17, 15) is 0 Å². The molecule has 2 unspecified atom stereocenters. The van der Waals surface area contributed by atoms with Gasteiger partial charge in [-0.2, -0.15) is 21.2 Å². The molecular formula is C26H20N2NiS2-4. The van der Waals surface area contributed by atoms with Crippen LogP contribution in [0.4, 0.5) is 11.4 Å². The van der Waals surface area contributed by atoms with Crippen LogP contribution >= 0.6 is 0 Å². The fourth-order valence-corrected chi connectivity index (χ4v) is 3.78. The van der Waals surface area contributed by atoms with Crippen molar-refractivity contribution in [2.24, 2.45) is 0 Å². The van der Waals surface area contributed by atoms with Crippen molar-refractivity contribution in [2.75, 3.05) is 0 Å². The molecule has 4 aromatic rings. The molecule has 4 rings (SSSR count). The molecule has 0 aliphatic carbocycles. The minimum absolute atomic E-state index is 0. The van der Waals surface area contributed by atoms with Gasteiger partial charge in [0.05, 0.1) is 0 Å². The topological polar surface area (TPSA) is 28.2 Å². The molecule has 0 saturated heterocycles. The molecule has 0 N–H and O–H groups in total. The van der Waals surface area contributed by atoms with Gasteiger partial charge in [-0.05, 0) is 0 Å². The van der Waals surface area contributed by atoms with Crippen molar-refractivity contribution in [2.45, 2.75) is 21.9 Å².